The zero-order chi connectivity index (χ0) is 9.12. The molecule has 0 aliphatic carbocycles. The molecule has 0 fully saturated rings. The Hall–Kier alpha value is -0.440. The third-order valence-corrected chi connectivity index (χ3v) is 2.05. The van der Waals surface area contributed by atoms with Gasteiger partial charge in [-0.25, -0.2) is 0 Å². The predicted molar refractivity (Wildman–Crippen MR) is 51.3 cm³/mol. The summed E-state index contributed by atoms with van der Waals surface area (Å²) in [5.74, 6) is 2.88. The summed E-state index contributed by atoms with van der Waals surface area (Å²) in [6.45, 7) is 11.0. The van der Waals surface area contributed by atoms with E-state index in [4.69, 9.17) is 6.42 Å². The maximum atomic E-state index is 5.47. The first-order valence-electron chi connectivity index (χ1n) is 4.31. The van der Waals surface area contributed by atoms with E-state index in [2.05, 4.69) is 40.5 Å². The Labute approximate surface area is 71.4 Å². The van der Waals surface area contributed by atoms with Crippen molar-refractivity contribution in [3.63, 3.8) is 0 Å². The molecule has 0 amide bonds. The van der Waals surface area contributed by atoms with Crippen LogP contribution >= 0.6 is 0 Å². The maximum absolute atomic E-state index is 5.47. The summed E-state index contributed by atoms with van der Waals surface area (Å²) in [7, 11) is 0. The second kappa shape index (κ2) is 3.30. The van der Waals surface area contributed by atoms with Crippen LogP contribution in [0.2, 0.25) is 0 Å². The van der Waals surface area contributed by atoms with Crippen molar-refractivity contribution in [1.29, 1.82) is 0 Å². The van der Waals surface area contributed by atoms with Crippen molar-refractivity contribution in [2.45, 2.75) is 47.5 Å². The smallest absolute Gasteiger partial charge is 0.0286 e. The number of hydrogen-bond donors (Lipinski definition) is 0. The highest BCUT2D eigenvalue weighted by Gasteiger charge is 2.25. The Morgan fingerprint density at radius 2 is 1.64 bits per heavy atom. The van der Waals surface area contributed by atoms with Crippen molar-refractivity contribution in [2.75, 3.05) is 0 Å². The number of rotatable bonds is 2. The fraction of sp³-hybridized carbons (Fsp3) is 0.818. The highest BCUT2D eigenvalue weighted by atomic mass is 14.3. The minimum atomic E-state index is 0.0955. The van der Waals surface area contributed by atoms with E-state index in [1.54, 1.807) is 0 Å². The monoisotopic (exact) mass is 152 g/mol. The molecule has 0 heteroatoms. The van der Waals surface area contributed by atoms with Gasteiger partial charge in [-0.05, 0) is 25.2 Å². The lowest BCUT2D eigenvalue weighted by atomic mass is 9.74. The van der Waals surface area contributed by atoms with Crippen LogP contribution in [0.1, 0.15) is 47.5 Å². The maximum Gasteiger partial charge on any atom is 0.0286 e. The van der Waals surface area contributed by atoms with Gasteiger partial charge in [0.05, 0.1) is 0 Å². The van der Waals surface area contributed by atoms with E-state index in [0.717, 1.165) is 12.8 Å². The molecule has 0 aromatic rings. The van der Waals surface area contributed by atoms with Crippen LogP contribution in [0.15, 0.2) is 0 Å². The summed E-state index contributed by atoms with van der Waals surface area (Å²) in [4.78, 5) is 0. The van der Waals surface area contributed by atoms with Gasteiger partial charge in [0.2, 0.25) is 0 Å². The molecule has 0 N–H and O–H groups in total. The van der Waals surface area contributed by atoms with Crippen molar-refractivity contribution in [3.05, 3.63) is 0 Å². The average Bonchev–Trinajstić information content (AvgIpc) is 1.84. The summed E-state index contributed by atoms with van der Waals surface area (Å²) >= 11 is 0. The molecule has 0 aliphatic heterocycles. The van der Waals surface area contributed by atoms with Gasteiger partial charge in [-0.15, -0.1) is 12.3 Å². The summed E-state index contributed by atoms with van der Waals surface area (Å²) in [5.41, 5.74) is 0.440. The van der Waals surface area contributed by atoms with E-state index in [-0.39, 0.29) is 5.41 Å². The minimum Gasteiger partial charge on any atom is -0.120 e. The van der Waals surface area contributed by atoms with E-state index >= 15 is 0 Å². The minimum absolute atomic E-state index is 0.0955. The van der Waals surface area contributed by atoms with E-state index in [9.17, 15) is 0 Å². The van der Waals surface area contributed by atoms with Crippen LogP contribution in [0.4, 0.5) is 0 Å². The fourth-order valence-corrected chi connectivity index (χ4v) is 1.45. The van der Waals surface area contributed by atoms with Crippen LogP contribution in [0, 0.1) is 23.2 Å². The molecule has 0 spiro atoms. The molecule has 0 heterocycles. The van der Waals surface area contributed by atoms with Crippen molar-refractivity contribution < 1.29 is 0 Å². The summed E-state index contributed by atoms with van der Waals surface area (Å²) < 4.78 is 0. The lowest BCUT2D eigenvalue weighted by Crippen LogP contribution is -2.21. The van der Waals surface area contributed by atoms with E-state index in [1.165, 1.54) is 0 Å². The molecule has 11 heavy (non-hydrogen) atoms. The quantitative estimate of drug-likeness (QED) is 0.531. The Balaban J connectivity index is 4.23. The van der Waals surface area contributed by atoms with E-state index in [1.807, 2.05) is 0 Å². The highest BCUT2D eigenvalue weighted by molar-refractivity contribution is 5.03. The molecule has 64 valence electrons. The topological polar surface area (TPSA) is 0 Å². The first-order chi connectivity index (χ1) is 4.83. The fourth-order valence-electron chi connectivity index (χ4n) is 1.45. The molecule has 0 aliphatic rings. The van der Waals surface area contributed by atoms with Gasteiger partial charge in [0.25, 0.3) is 0 Å². The first-order valence-corrected chi connectivity index (χ1v) is 4.31. The van der Waals surface area contributed by atoms with Crippen LogP contribution in [0.3, 0.4) is 0 Å². The van der Waals surface area contributed by atoms with Crippen LogP contribution in [-0.2, 0) is 0 Å². The van der Waals surface area contributed by atoms with Gasteiger partial charge in [0.15, 0.2) is 0 Å². The first kappa shape index (κ1) is 10.6. The molecule has 0 aromatic heterocycles. The van der Waals surface area contributed by atoms with Gasteiger partial charge in [-0.3, -0.25) is 0 Å². The Morgan fingerprint density at radius 1 is 1.18 bits per heavy atom. The number of hydrogen-bond acceptors (Lipinski definition) is 0. The largest absolute Gasteiger partial charge is 0.120 e. The summed E-state index contributed by atoms with van der Waals surface area (Å²) in [6.07, 6.45) is 7.65. The predicted octanol–water partition coefficient (Wildman–Crippen LogP) is 3.47. The lowest BCUT2D eigenvalue weighted by molar-refractivity contribution is 0.246. The second-order valence-electron chi connectivity index (χ2n) is 4.80. The van der Waals surface area contributed by atoms with Crippen LogP contribution in [0.5, 0.6) is 0 Å². The molecule has 0 aromatic carbocycles. The van der Waals surface area contributed by atoms with Gasteiger partial charge in [0.1, 0.15) is 0 Å². The van der Waals surface area contributed by atoms with E-state index < -0.39 is 0 Å². The van der Waals surface area contributed by atoms with Gasteiger partial charge < -0.3 is 0 Å². The highest BCUT2D eigenvalue weighted by Crippen LogP contribution is 2.35. The standard InChI is InChI=1S/C11H20/c1-7-11(6,8-2)9-10(3,4)5/h1H,8-9H2,2-6H3. The Kier molecular flexibility index (Phi) is 3.17. The van der Waals surface area contributed by atoms with Gasteiger partial charge >= 0.3 is 0 Å². The second-order valence-corrected chi connectivity index (χ2v) is 4.80. The molecule has 0 saturated heterocycles. The normalized spacial score (nSPS) is 17.1. The Morgan fingerprint density at radius 3 is 1.73 bits per heavy atom. The van der Waals surface area contributed by atoms with Crippen molar-refractivity contribution in [2.24, 2.45) is 10.8 Å². The SMILES string of the molecule is C#CC(C)(CC)CC(C)(C)C. The summed E-state index contributed by atoms with van der Waals surface area (Å²) in [5, 5.41) is 0. The molecule has 0 saturated carbocycles. The van der Waals surface area contributed by atoms with Gasteiger partial charge in [-0.1, -0.05) is 27.7 Å². The average molecular weight is 152 g/mol. The zero-order valence-corrected chi connectivity index (χ0v) is 8.49. The molecule has 1 atom stereocenters. The van der Waals surface area contributed by atoms with Crippen molar-refractivity contribution in [1.82, 2.24) is 0 Å². The van der Waals surface area contributed by atoms with E-state index in [0.29, 0.717) is 5.41 Å². The zero-order valence-electron chi connectivity index (χ0n) is 8.49. The van der Waals surface area contributed by atoms with Crippen molar-refractivity contribution >= 4 is 0 Å². The van der Waals surface area contributed by atoms with Crippen LogP contribution < -0.4 is 0 Å². The molecule has 0 nitrogen and oxygen atoms in total. The third kappa shape index (κ3) is 4.09. The Bertz CT molecular complexity index is 154. The molecule has 1 unspecified atom stereocenters. The van der Waals surface area contributed by atoms with Crippen LogP contribution in [-0.4, -0.2) is 0 Å². The molecule has 0 radical (unpaired) electrons. The lowest BCUT2D eigenvalue weighted by Gasteiger charge is -2.30. The molecular weight excluding hydrogens is 132 g/mol. The third-order valence-electron chi connectivity index (χ3n) is 2.05. The van der Waals surface area contributed by atoms with Crippen molar-refractivity contribution in [3.8, 4) is 12.3 Å². The molecular formula is C11H20. The van der Waals surface area contributed by atoms with Gasteiger partial charge in [0, 0.05) is 5.41 Å². The molecule has 0 rings (SSSR count). The number of terminal acetylenes is 1. The summed E-state index contributed by atoms with van der Waals surface area (Å²) in [6, 6.07) is 0. The molecule has 0 bridgehead atoms. The van der Waals surface area contributed by atoms with Gasteiger partial charge in [-0.2, -0.15) is 0 Å². The van der Waals surface area contributed by atoms with Crippen LogP contribution in [0.25, 0.3) is 0 Å².